The van der Waals surface area contributed by atoms with E-state index < -0.39 is 57.7 Å². The molecule has 282 valence electrons. The summed E-state index contributed by atoms with van der Waals surface area (Å²) in [5.41, 5.74) is -0.914. The first-order valence-electron chi connectivity index (χ1n) is 20.3. The molecular weight excluding hydrogens is 685 g/mol. The number of hydrogen-bond donors (Lipinski definition) is 0. The van der Waals surface area contributed by atoms with Gasteiger partial charge in [-0.3, -0.25) is 29.0 Å². The lowest BCUT2D eigenvalue weighted by molar-refractivity contribution is -0.440. The maximum atomic E-state index is 15.7. The number of piperidine rings is 4. The number of carbonyl (C=O) groups is 4. The van der Waals surface area contributed by atoms with E-state index in [9.17, 15) is 0 Å². The number of rotatable bonds is 14. The maximum absolute atomic E-state index is 15.7. The first-order valence-corrected chi connectivity index (χ1v) is 20.3. The average molecular weight is 735 g/mol. The van der Waals surface area contributed by atoms with Crippen molar-refractivity contribution in [2.24, 2.45) is 21.7 Å². The van der Waals surface area contributed by atoms with Crippen LogP contribution in [-0.4, -0.2) is 63.9 Å². The van der Waals surface area contributed by atoms with Crippen LogP contribution in [0.4, 0.5) is 0 Å². The number of ketones is 3. The molecule has 2 aliphatic carbocycles. The van der Waals surface area contributed by atoms with Crippen molar-refractivity contribution in [3.8, 4) is 0 Å². The molecule has 6 atom stereocenters. The first kappa shape index (κ1) is 35.9. The zero-order chi connectivity index (χ0) is 38.3. The van der Waals surface area contributed by atoms with Gasteiger partial charge in [-0.25, -0.2) is 0 Å². The summed E-state index contributed by atoms with van der Waals surface area (Å²) in [6, 6.07) is 38.0. The molecule has 7 heteroatoms. The summed E-state index contributed by atoms with van der Waals surface area (Å²) >= 11 is 0. The fraction of sp³-hybridized carbons (Fsp3) is 0.417. The molecule has 0 spiro atoms. The van der Waals surface area contributed by atoms with Gasteiger partial charge in [-0.1, -0.05) is 142 Å². The SMILES string of the molecule is CCOC(=O)C12C3N(Cc4ccccc4)C4C5(C(=O)CC)C(N(Cc6ccccc6)C1C3(C(=O)CC)[C@H]5c1ccccc1)C4(C(=O)CC)[C@@H]2c1ccccc1. The van der Waals surface area contributed by atoms with Crippen molar-refractivity contribution in [3.63, 3.8) is 0 Å². The molecule has 10 rings (SSSR count). The molecule has 4 aromatic rings. The van der Waals surface area contributed by atoms with Crippen LogP contribution in [0, 0.1) is 21.7 Å². The van der Waals surface area contributed by atoms with Crippen LogP contribution < -0.4 is 0 Å². The molecule has 4 aromatic carbocycles. The van der Waals surface area contributed by atoms with Crippen LogP contribution in [0.1, 0.15) is 81.0 Å². The summed E-state index contributed by atoms with van der Waals surface area (Å²) in [6.07, 6.45) is 0.749. The van der Waals surface area contributed by atoms with Crippen molar-refractivity contribution < 1.29 is 23.9 Å². The number of esters is 1. The molecule has 8 bridgehead atoms. The van der Waals surface area contributed by atoms with Crippen LogP contribution in [0.2, 0.25) is 0 Å². The number of hydrogen-bond acceptors (Lipinski definition) is 7. The minimum absolute atomic E-state index is 0.0561. The molecule has 4 unspecified atom stereocenters. The zero-order valence-electron chi connectivity index (χ0n) is 32.2. The van der Waals surface area contributed by atoms with E-state index in [1.165, 1.54) is 0 Å². The minimum Gasteiger partial charge on any atom is -0.465 e. The van der Waals surface area contributed by atoms with Crippen molar-refractivity contribution in [2.75, 3.05) is 6.61 Å². The molecule has 4 heterocycles. The van der Waals surface area contributed by atoms with E-state index in [0.717, 1.165) is 22.3 Å². The second kappa shape index (κ2) is 12.9. The molecule has 0 aromatic heterocycles. The maximum Gasteiger partial charge on any atom is 0.316 e. The number of ether oxygens (including phenoxy) is 1. The van der Waals surface area contributed by atoms with E-state index in [4.69, 9.17) is 4.74 Å². The Morgan fingerprint density at radius 1 is 0.473 bits per heavy atom. The van der Waals surface area contributed by atoms with E-state index >= 15 is 19.2 Å². The first-order chi connectivity index (χ1) is 26.8. The lowest BCUT2D eigenvalue weighted by Gasteiger charge is -2.96. The van der Waals surface area contributed by atoms with E-state index in [1.807, 2.05) is 100 Å². The van der Waals surface area contributed by atoms with Crippen molar-refractivity contribution >= 4 is 23.3 Å². The summed E-state index contributed by atoms with van der Waals surface area (Å²) in [6.45, 7) is 8.57. The van der Waals surface area contributed by atoms with Gasteiger partial charge in [0.1, 0.15) is 22.8 Å². The van der Waals surface area contributed by atoms with Gasteiger partial charge in [0.05, 0.1) is 22.9 Å². The average Bonchev–Trinajstić information content (AvgIpc) is 3.20. The molecule has 2 saturated carbocycles. The summed E-state index contributed by atoms with van der Waals surface area (Å²) in [5, 5.41) is 0. The van der Waals surface area contributed by atoms with Gasteiger partial charge >= 0.3 is 5.97 Å². The number of Topliss-reactive ketones (excluding diaryl/α,β-unsaturated/α-hetero) is 3. The Kier molecular flexibility index (Phi) is 8.45. The topological polar surface area (TPSA) is 84.0 Å². The van der Waals surface area contributed by atoms with Gasteiger partial charge in [-0.2, -0.15) is 0 Å². The Morgan fingerprint density at radius 2 is 0.782 bits per heavy atom. The van der Waals surface area contributed by atoms with Crippen molar-refractivity contribution in [2.45, 2.75) is 96.1 Å². The van der Waals surface area contributed by atoms with Crippen LogP contribution >= 0.6 is 0 Å². The molecule has 0 amide bonds. The Labute approximate surface area is 324 Å². The standard InChI is InChI=1S/C48H50N2O5/c1-5-35(51)45-38(33-25-17-11-18-26-33)46(36(52)6-2)42-48(44(54)55-8-4)39(34-27-19-12-20-28-34)47(37(53)7-3,40(45)49(42)29-31-21-13-9-14-22-31)41(45)50(43(46)48)30-32-23-15-10-16-24-32/h9-28,38-43H,5-8,29-30H2,1-4H3/t38-,39-,40?,41?,42?,43?,45?,46?,47?,48?/m0/s1. The molecule has 6 fully saturated rings. The van der Waals surface area contributed by atoms with Crippen LogP contribution in [0.3, 0.4) is 0 Å². The van der Waals surface area contributed by atoms with E-state index in [1.54, 1.807) is 0 Å². The summed E-state index contributed by atoms with van der Waals surface area (Å²) in [5.74, 6) is -1.32. The number of nitrogens with zero attached hydrogens (tertiary/aromatic N) is 2. The molecule has 0 N–H and O–H groups in total. The van der Waals surface area contributed by atoms with Gasteiger partial charge in [-0.05, 0) is 29.2 Å². The lowest BCUT2D eigenvalue weighted by Crippen LogP contribution is -3.09. The second-order valence-corrected chi connectivity index (χ2v) is 16.4. The zero-order valence-corrected chi connectivity index (χ0v) is 32.2. The van der Waals surface area contributed by atoms with Crippen molar-refractivity contribution in [1.29, 1.82) is 0 Å². The van der Waals surface area contributed by atoms with Gasteiger partial charge < -0.3 is 4.74 Å². The Hall–Kier alpha value is -4.72. The largest absolute Gasteiger partial charge is 0.465 e. The van der Waals surface area contributed by atoms with Gasteiger partial charge in [0, 0.05) is 68.4 Å². The molecule has 7 nitrogen and oxygen atoms in total. The van der Waals surface area contributed by atoms with Gasteiger partial charge in [0.15, 0.2) is 0 Å². The molecule has 55 heavy (non-hydrogen) atoms. The third-order valence-corrected chi connectivity index (χ3v) is 14.6. The highest BCUT2D eigenvalue weighted by Gasteiger charge is 3.04. The molecule has 0 radical (unpaired) electrons. The third kappa shape index (κ3) is 4.08. The van der Waals surface area contributed by atoms with Gasteiger partial charge in [0.25, 0.3) is 0 Å². The summed E-state index contributed by atoms with van der Waals surface area (Å²) < 4.78 is 6.29. The highest BCUT2D eigenvalue weighted by molar-refractivity contribution is 6.06. The smallest absolute Gasteiger partial charge is 0.316 e. The van der Waals surface area contributed by atoms with Crippen molar-refractivity contribution in [1.82, 2.24) is 9.80 Å². The van der Waals surface area contributed by atoms with Crippen LogP contribution in [0.25, 0.3) is 0 Å². The predicted octanol–water partition coefficient (Wildman–Crippen LogP) is 7.55. The van der Waals surface area contributed by atoms with Crippen LogP contribution in [0.15, 0.2) is 121 Å². The van der Waals surface area contributed by atoms with Crippen molar-refractivity contribution in [3.05, 3.63) is 144 Å². The molecule has 4 saturated heterocycles. The Morgan fingerprint density at radius 3 is 1.11 bits per heavy atom. The lowest BCUT2D eigenvalue weighted by atomic mass is 9.14. The number of benzene rings is 4. The van der Waals surface area contributed by atoms with Gasteiger partial charge in [0.2, 0.25) is 0 Å². The summed E-state index contributed by atoms with van der Waals surface area (Å²) in [4.78, 5) is 67.5. The Balaban J connectivity index is 1.48. The highest BCUT2D eigenvalue weighted by atomic mass is 16.5. The van der Waals surface area contributed by atoms with E-state index in [2.05, 4.69) is 58.3 Å². The number of carbonyl (C=O) groups excluding carboxylic acids is 4. The minimum atomic E-state index is -1.31. The van der Waals surface area contributed by atoms with E-state index in [-0.39, 0.29) is 49.2 Å². The van der Waals surface area contributed by atoms with E-state index in [0.29, 0.717) is 13.1 Å². The molecular formula is C48H50N2O5. The predicted molar refractivity (Wildman–Crippen MR) is 210 cm³/mol. The third-order valence-electron chi connectivity index (χ3n) is 14.6. The molecule has 4 aliphatic heterocycles. The fourth-order valence-electron chi connectivity index (χ4n) is 13.8. The van der Waals surface area contributed by atoms with Crippen LogP contribution in [0.5, 0.6) is 0 Å². The summed E-state index contributed by atoms with van der Waals surface area (Å²) in [7, 11) is 0. The normalized spacial score (nSPS) is 35.1. The van der Waals surface area contributed by atoms with Crippen LogP contribution in [-0.2, 0) is 37.0 Å². The highest BCUT2D eigenvalue weighted by Crippen LogP contribution is 2.92. The Bertz CT molecular complexity index is 2060. The second-order valence-electron chi connectivity index (χ2n) is 16.4. The quantitative estimate of drug-likeness (QED) is 0.124. The monoisotopic (exact) mass is 734 g/mol. The van der Waals surface area contributed by atoms with Gasteiger partial charge in [-0.15, -0.1) is 0 Å². The fourth-order valence-corrected chi connectivity index (χ4v) is 13.8. The molecule has 6 aliphatic rings.